The lowest BCUT2D eigenvalue weighted by atomic mass is 10.1. The molecule has 1 nitrogen and oxygen atoms in total. The largest absolute Gasteiger partial charge is 0.310 e. The number of unbranched alkanes of at least 4 members (excludes halogenated alkanes) is 1. The van der Waals surface area contributed by atoms with E-state index in [2.05, 4.69) is 45.4 Å². The van der Waals surface area contributed by atoms with E-state index >= 15 is 0 Å². The normalized spacial score (nSPS) is 18.1. The molecule has 0 radical (unpaired) electrons. The number of hydrogen-bond acceptors (Lipinski definition) is 1. The van der Waals surface area contributed by atoms with E-state index in [1.54, 1.807) is 0 Å². The maximum absolute atomic E-state index is 5.23. The Hall–Kier alpha value is -0.780. The van der Waals surface area contributed by atoms with Gasteiger partial charge in [0.25, 0.3) is 0 Å². The Bertz CT molecular complexity index is 406. The Kier molecular flexibility index (Phi) is 4.04. The molecule has 2 rings (SSSR count). The molecule has 1 atom stereocenters. The summed E-state index contributed by atoms with van der Waals surface area (Å²) in [5.41, 5.74) is 2.94. The van der Waals surface area contributed by atoms with Gasteiger partial charge >= 0.3 is 0 Å². The third kappa shape index (κ3) is 2.66. The topological polar surface area (TPSA) is 12.0 Å². The molecule has 1 aromatic carbocycles. The van der Waals surface area contributed by atoms with Crippen LogP contribution in [0.15, 0.2) is 22.7 Å². The van der Waals surface area contributed by atoms with Gasteiger partial charge in [-0.15, -0.1) is 12.3 Å². The smallest absolute Gasteiger partial charge is 0.0326 e. The van der Waals surface area contributed by atoms with Crippen molar-refractivity contribution in [3.63, 3.8) is 0 Å². The van der Waals surface area contributed by atoms with E-state index in [0.29, 0.717) is 6.04 Å². The Morgan fingerprint density at radius 2 is 2.38 bits per heavy atom. The molecular weight excluding hydrogens is 262 g/mol. The minimum atomic E-state index is 0.529. The fraction of sp³-hybridized carbons (Fsp3) is 0.429. The summed E-state index contributed by atoms with van der Waals surface area (Å²) in [5, 5.41) is 3.58. The standard InChI is InChI=1S/C14H16BrN/c1-2-3-4-9-16-14-8-5-11-10-12(15)6-7-13(11)14/h1,6-7,10,14,16H,3-5,8-9H2. The van der Waals surface area contributed by atoms with E-state index in [0.717, 1.165) is 19.4 Å². The van der Waals surface area contributed by atoms with E-state index in [1.165, 1.54) is 28.4 Å². The second-order valence-corrected chi connectivity index (χ2v) is 5.11. The first-order chi connectivity index (χ1) is 7.81. The van der Waals surface area contributed by atoms with E-state index in [-0.39, 0.29) is 0 Å². The summed E-state index contributed by atoms with van der Waals surface area (Å²) in [6.07, 6.45) is 9.56. The minimum absolute atomic E-state index is 0.529. The Morgan fingerprint density at radius 3 is 3.19 bits per heavy atom. The van der Waals surface area contributed by atoms with Crippen molar-refractivity contribution in [2.24, 2.45) is 0 Å². The van der Waals surface area contributed by atoms with Gasteiger partial charge in [-0.2, -0.15) is 0 Å². The van der Waals surface area contributed by atoms with Crippen LogP contribution in [0.4, 0.5) is 0 Å². The molecule has 84 valence electrons. The summed E-state index contributed by atoms with van der Waals surface area (Å²) >= 11 is 3.52. The number of nitrogens with one attached hydrogen (secondary N) is 1. The third-order valence-electron chi connectivity index (χ3n) is 3.07. The monoisotopic (exact) mass is 277 g/mol. The van der Waals surface area contributed by atoms with E-state index in [9.17, 15) is 0 Å². The number of fused-ring (bicyclic) bond motifs is 1. The van der Waals surface area contributed by atoms with Crippen LogP contribution < -0.4 is 5.32 Å². The number of terminal acetylenes is 1. The van der Waals surface area contributed by atoms with Crippen molar-refractivity contribution in [3.8, 4) is 12.3 Å². The van der Waals surface area contributed by atoms with Crippen LogP contribution in [-0.2, 0) is 6.42 Å². The molecule has 0 fully saturated rings. The summed E-state index contributed by atoms with van der Waals surface area (Å²) in [6.45, 7) is 1.02. The molecule has 0 spiro atoms. The summed E-state index contributed by atoms with van der Waals surface area (Å²) in [4.78, 5) is 0. The van der Waals surface area contributed by atoms with Crippen LogP contribution in [0.5, 0.6) is 0 Å². The van der Waals surface area contributed by atoms with Crippen molar-refractivity contribution < 1.29 is 0 Å². The highest BCUT2D eigenvalue weighted by atomic mass is 79.9. The van der Waals surface area contributed by atoms with Crippen LogP contribution in [0.25, 0.3) is 0 Å². The van der Waals surface area contributed by atoms with Gasteiger partial charge < -0.3 is 5.32 Å². The minimum Gasteiger partial charge on any atom is -0.310 e. The van der Waals surface area contributed by atoms with Crippen molar-refractivity contribution in [2.75, 3.05) is 6.54 Å². The van der Waals surface area contributed by atoms with Crippen LogP contribution >= 0.6 is 15.9 Å². The maximum atomic E-state index is 5.23. The Balaban J connectivity index is 1.94. The zero-order chi connectivity index (χ0) is 11.4. The summed E-state index contributed by atoms with van der Waals surface area (Å²) in [7, 11) is 0. The molecule has 0 heterocycles. The molecule has 0 aromatic heterocycles. The van der Waals surface area contributed by atoms with Crippen molar-refractivity contribution in [1.82, 2.24) is 5.32 Å². The average molecular weight is 278 g/mol. The van der Waals surface area contributed by atoms with Crippen LogP contribution in [0.3, 0.4) is 0 Å². The lowest BCUT2D eigenvalue weighted by molar-refractivity contribution is 0.523. The predicted octanol–water partition coefficient (Wildman–Crippen LogP) is 3.44. The molecular formula is C14H16BrN. The molecule has 0 bridgehead atoms. The highest BCUT2D eigenvalue weighted by Gasteiger charge is 2.21. The second-order valence-electron chi connectivity index (χ2n) is 4.20. The number of benzene rings is 1. The molecule has 0 amide bonds. The zero-order valence-corrected chi connectivity index (χ0v) is 10.9. The van der Waals surface area contributed by atoms with Crippen LogP contribution in [0, 0.1) is 12.3 Å². The number of rotatable bonds is 4. The number of halogens is 1. The zero-order valence-electron chi connectivity index (χ0n) is 9.30. The predicted molar refractivity (Wildman–Crippen MR) is 71.3 cm³/mol. The number of aryl methyl sites for hydroxylation is 1. The van der Waals surface area contributed by atoms with Crippen LogP contribution in [-0.4, -0.2) is 6.54 Å². The fourth-order valence-corrected chi connectivity index (χ4v) is 2.67. The molecule has 1 N–H and O–H groups in total. The molecule has 0 aliphatic heterocycles. The summed E-state index contributed by atoms with van der Waals surface area (Å²) in [5.74, 6) is 2.67. The van der Waals surface area contributed by atoms with Crippen molar-refractivity contribution in [1.29, 1.82) is 0 Å². The Morgan fingerprint density at radius 1 is 1.50 bits per heavy atom. The van der Waals surface area contributed by atoms with Gasteiger partial charge in [0.1, 0.15) is 0 Å². The lowest BCUT2D eigenvalue weighted by Crippen LogP contribution is -2.20. The molecule has 1 aromatic rings. The molecule has 1 aliphatic carbocycles. The molecule has 0 saturated carbocycles. The Labute approximate surface area is 106 Å². The molecule has 2 heteroatoms. The van der Waals surface area contributed by atoms with Gasteiger partial charge in [0.05, 0.1) is 0 Å². The molecule has 1 aliphatic rings. The van der Waals surface area contributed by atoms with Gasteiger partial charge in [-0.3, -0.25) is 0 Å². The van der Waals surface area contributed by atoms with Gasteiger partial charge in [0.2, 0.25) is 0 Å². The molecule has 1 unspecified atom stereocenters. The van der Waals surface area contributed by atoms with E-state index in [1.807, 2.05) is 0 Å². The second kappa shape index (κ2) is 5.52. The molecule has 0 saturated heterocycles. The fourth-order valence-electron chi connectivity index (χ4n) is 2.26. The summed E-state index contributed by atoms with van der Waals surface area (Å²) < 4.78 is 1.18. The highest BCUT2D eigenvalue weighted by Crippen LogP contribution is 2.32. The van der Waals surface area contributed by atoms with Gasteiger partial charge in [0.15, 0.2) is 0 Å². The van der Waals surface area contributed by atoms with E-state index in [4.69, 9.17) is 6.42 Å². The van der Waals surface area contributed by atoms with E-state index < -0.39 is 0 Å². The van der Waals surface area contributed by atoms with Gasteiger partial charge in [0, 0.05) is 16.9 Å². The SMILES string of the molecule is C#CCCCNC1CCc2cc(Br)ccc21. The average Bonchev–Trinajstić information content (AvgIpc) is 2.67. The highest BCUT2D eigenvalue weighted by molar-refractivity contribution is 9.10. The first-order valence-electron chi connectivity index (χ1n) is 5.76. The first-order valence-corrected chi connectivity index (χ1v) is 6.55. The maximum Gasteiger partial charge on any atom is 0.0326 e. The number of hydrogen-bond donors (Lipinski definition) is 1. The van der Waals surface area contributed by atoms with Crippen molar-refractivity contribution in [3.05, 3.63) is 33.8 Å². The lowest BCUT2D eigenvalue weighted by Gasteiger charge is -2.13. The quantitative estimate of drug-likeness (QED) is 0.657. The van der Waals surface area contributed by atoms with Gasteiger partial charge in [-0.05, 0) is 49.1 Å². The first kappa shape index (κ1) is 11.7. The van der Waals surface area contributed by atoms with Crippen molar-refractivity contribution in [2.45, 2.75) is 31.7 Å². The van der Waals surface area contributed by atoms with Gasteiger partial charge in [-0.25, -0.2) is 0 Å². The van der Waals surface area contributed by atoms with Crippen LogP contribution in [0.2, 0.25) is 0 Å². The van der Waals surface area contributed by atoms with Crippen molar-refractivity contribution >= 4 is 15.9 Å². The summed E-state index contributed by atoms with van der Waals surface area (Å²) in [6, 6.07) is 7.12. The third-order valence-corrected chi connectivity index (χ3v) is 3.56. The molecule has 16 heavy (non-hydrogen) atoms. The van der Waals surface area contributed by atoms with Crippen LogP contribution in [0.1, 0.15) is 36.4 Å². The van der Waals surface area contributed by atoms with Gasteiger partial charge in [-0.1, -0.05) is 22.0 Å².